The molecular weight excluding hydrogens is 344 g/mol. The van der Waals surface area contributed by atoms with E-state index in [0.717, 1.165) is 21.9 Å². The molecule has 0 N–H and O–H groups in total. The van der Waals surface area contributed by atoms with E-state index in [1.165, 1.54) is 7.11 Å². The fourth-order valence-corrected chi connectivity index (χ4v) is 3.91. The topological polar surface area (TPSA) is 69.7 Å². The smallest absolute Gasteiger partial charge is 0.343 e. The van der Waals surface area contributed by atoms with E-state index in [-0.39, 0.29) is 18.2 Å². The molecule has 0 bridgehead atoms. The summed E-state index contributed by atoms with van der Waals surface area (Å²) in [5.74, 6) is 0.316. The molecule has 1 aliphatic rings. The van der Waals surface area contributed by atoms with Crippen LogP contribution in [0.2, 0.25) is 0 Å². The zero-order valence-corrected chi connectivity index (χ0v) is 16.0. The quantitative estimate of drug-likeness (QED) is 0.693. The van der Waals surface area contributed by atoms with Crippen LogP contribution in [0.5, 0.6) is 5.75 Å². The summed E-state index contributed by atoms with van der Waals surface area (Å²) in [6, 6.07) is 9.43. The average Bonchev–Trinajstić information content (AvgIpc) is 2.96. The molecule has 0 amide bonds. The molecule has 0 saturated carbocycles. The van der Waals surface area contributed by atoms with Crippen molar-refractivity contribution in [3.05, 3.63) is 41.5 Å². The first-order valence-electron chi connectivity index (χ1n) is 9.20. The number of carbonyl (C=O) groups is 3. The van der Waals surface area contributed by atoms with E-state index in [4.69, 9.17) is 4.74 Å². The van der Waals surface area contributed by atoms with Gasteiger partial charge in [0.25, 0.3) is 0 Å². The molecule has 0 spiro atoms. The summed E-state index contributed by atoms with van der Waals surface area (Å²) in [7, 11) is 1.32. The van der Waals surface area contributed by atoms with E-state index in [2.05, 4.69) is 4.74 Å². The van der Waals surface area contributed by atoms with E-state index in [1.807, 2.05) is 37.3 Å². The fourth-order valence-electron chi connectivity index (χ4n) is 3.91. The lowest BCUT2D eigenvalue weighted by Gasteiger charge is -2.25. The summed E-state index contributed by atoms with van der Waals surface area (Å²) < 4.78 is 10.3. The lowest BCUT2D eigenvalue weighted by Crippen LogP contribution is -2.28. The molecule has 0 heterocycles. The highest BCUT2D eigenvalue weighted by Crippen LogP contribution is 2.47. The summed E-state index contributed by atoms with van der Waals surface area (Å²) >= 11 is 0. The van der Waals surface area contributed by atoms with E-state index < -0.39 is 11.4 Å². The largest absolute Gasteiger partial charge is 0.481 e. The number of ether oxygens (including phenoxy) is 2. The van der Waals surface area contributed by atoms with Crippen LogP contribution in [-0.4, -0.2) is 31.3 Å². The second-order valence-corrected chi connectivity index (χ2v) is 7.16. The second-order valence-electron chi connectivity index (χ2n) is 7.16. The van der Waals surface area contributed by atoms with E-state index in [1.54, 1.807) is 6.92 Å². The Morgan fingerprint density at radius 3 is 2.52 bits per heavy atom. The number of hydrogen-bond acceptors (Lipinski definition) is 5. The fraction of sp³-hybridized carbons (Fsp3) is 0.409. The minimum atomic E-state index is -0.544. The number of ketones is 2. The minimum Gasteiger partial charge on any atom is -0.481 e. The standard InChI is InChI=1S/C22H24O5/c1-4-22(10-9-14(2)23)12-15-11-18(27-13-19(24)26-3)16-7-5-6-8-17(16)20(15)21(22)25/h5-8,11H,4,9-10,12-13H2,1-3H3. The van der Waals surface area contributed by atoms with Crippen molar-refractivity contribution in [3.8, 4) is 5.75 Å². The second kappa shape index (κ2) is 7.51. The first-order chi connectivity index (χ1) is 12.9. The molecule has 0 saturated heterocycles. The van der Waals surface area contributed by atoms with Crippen LogP contribution in [0.3, 0.4) is 0 Å². The Balaban J connectivity index is 2.06. The van der Waals surface area contributed by atoms with E-state index in [9.17, 15) is 14.4 Å². The Morgan fingerprint density at radius 1 is 1.19 bits per heavy atom. The summed E-state index contributed by atoms with van der Waals surface area (Å²) in [6.45, 7) is 3.38. The van der Waals surface area contributed by atoms with Gasteiger partial charge < -0.3 is 14.3 Å². The predicted molar refractivity (Wildman–Crippen MR) is 102 cm³/mol. The Hall–Kier alpha value is -2.69. The number of carbonyl (C=O) groups excluding carboxylic acids is 3. The van der Waals surface area contributed by atoms with Crippen LogP contribution in [-0.2, 0) is 20.7 Å². The molecule has 0 aliphatic heterocycles. The van der Waals surface area contributed by atoms with Gasteiger partial charge in [-0.25, -0.2) is 4.79 Å². The molecule has 1 unspecified atom stereocenters. The van der Waals surface area contributed by atoms with Gasteiger partial charge in [-0.1, -0.05) is 31.2 Å². The average molecular weight is 368 g/mol. The summed E-state index contributed by atoms with van der Waals surface area (Å²) in [5, 5.41) is 1.63. The third-order valence-corrected chi connectivity index (χ3v) is 5.53. The Labute approximate surface area is 158 Å². The van der Waals surface area contributed by atoms with Gasteiger partial charge >= 0.3 is 5.97 Å². The Morgan fingerprint density at radius 2 is 1.89 bits per heavy atom. The number of Topliss-reactive ketones (excluding diaryl/α,β-unsaturated/α-hetero) is 2. The van der Waals surface area contributed by atoms with Crippen LogP contribution in [0.15, 0.2) is 30.3 Å². The maximum Gasteiger partial charge on any atom is 0.343 e. The van der Waals surface area contributed by atoms with Crippen molar-refractivity contribution in [2.45, 2.75) is 39.5 Å². The summed E-state index contributed by atoms with van der Waals surface area (Å²) in [4.78, 5) is 36.4. The van der Waals surface area contributed by atoms with Gasteiger partial charge in [0.15, 0.2) is 12.4 Å². The highest BCUT2D eigenvalue weighted by Gasteiger charge is 2.45. The molecule has 2 aromatic rings. The Bertz CT molecular complexity index is 914. The van der Waals surface area contributed by atoms with Crippen LogP contribution in [0.25, 0.3) is 10.8 Å². The number of methoxy groups -OCH3 is 1. The normalized spacial score (nSPS) is 18.4. The molecule has 0 fully saturated rings. The summed E-state index contributed by atoms with van der Waals surface area (Å²) in [5.41, 5.74) is 1.10. The van der Waals surface area contributed by atoms with Gasteiger partial charge in [0, 0.05) is 22.8 Å². The molecule has 1 atom stereocenters. The van der Waals surface area contributed by atoms with Crippen LogP contribution < -0.4 is 4.74 Å². The monoisotopic (exact) mass is 368 g/mol. The predicted octanol–water partition coefficient (Wildman–Crippen LogP) is 3.90. The van der Waals surface area contributed by atoms with Gasteiger partial charge in [-0.15, -0.1) is 0 Å². The number of rotatable bonds is 7. The first kappa shape index (κ1) is 19.1. The Kier molecular flexibility index (Phi) is 5.31. The molecule has 1 aliphatic carbocycles. The van der Waals surface area contributed by atoms with E-state index in [0.29, 0.717) is 31.4 Å². The minimum absolute atomic E-state index is 0.0959. The number of benzene rings is 2. The molecule has 27 heavy (non-hydrogen) atoms. The van der Waals surface area contributed by atoms with Crippen LogP contribution in [0.1, 0.15) is 49.0 Å². The SMILES string of the molecule is CCC1(CCC(C)=O)Cc2cc(OCC(=O)OC)c3ccccc3c2C1=O. The number of esters is 1. The molecule has 5 heteroatoms. The van der Waals surface area contributed by atoms with Crippen molar-refractivity contribution in [1.29, 1.82) is 0 Å². The van der Waals surface area contributed by atoms with Crippen molar-refractivity contribution in [1.82, 2.24) is 0 Å². The third kappa shape index (κ3) is 3.46. The van der Waals surface area contributed by atoms with Crippen LogP contribution in [0.4, 0.5) is 0 Å². The van der Waals surface area contributed by atoms with Crippen molar-refractivity contribution < 1.29 is 23.9 Å². The van der Waals surface area contributed by atoms with Crippen molar-refractivity contribution >= 4 is 28.3 Å². The lowest BCUT2D eigenvalue weighted by molar-refractivity contribution is -0.142. The van der Waals surface area contributed by atoms with Gasteiger partial charge in [-0.05, 0) is 43.2 Å². The van der Waals surface area contributed by atoms with Crippen molar-refractivity contribution in [3.63, 3.8) is 0 Å². The van der Waals surface area contributed by atoms with Crippen molar-refractivity contribution in [2.75, 3.05) is 13.7 Å². The molecule has 3 rings (SSSR count). The molecule has 0 aromatic heterocycles. The molecule has 142 valence electrons. The maximum absolute atomic E-state index is 13.4. The summed E-state index contributed by atoms with van der Waals surface area (Å²) in [6.07, 6.45) is 2.22. The highest BCUT2D eigenvalue weighted by molar-refractivity contribution is 6.15. The number of hydrogen-bond donors (Lipinski definition) is 0. The molecule has 5 nitrogen and oxygen atoms in total. The van der Waals surface area contributed by atoms with Crippen LogP contribution in [0, 0.1) is 5.41 Å². The lowest BCUT2D eigenvalue weighted by atomic mass is 9.76. The zero-order chi connectivity index (χ0) is 19.6. The van der Waals surface area contributed by atoms with Gasteiger partial charge in [-0.3, -0.25) is 4.79 Å². The van der Waals surface area contributed by atoms with Crippen molar-refractivity contribution in [2.24, 2.45) is 5.41 Å². The van der Waals surface area contributed by atoms with E-state index >= 15 is 0 Å². The molecular formula is C22H24O5. The molecule has 2 aromatic carbocycles. The van der Waals surface area contributed by atoms with Gasteiger partial charge in [0.2, 0.25) is 0 Å². The first-order valence-corrected chi connectivity index (χ1v) is 9.20. The molecule has 0 radical (unpaired) electrons. The number of fused-ring (bicyclic) bond motifs is 3. The highest BCUT2D eigenvalue weighted by atomic mass is 16.6. The maximum atomic E-state index is 13.4. The van der Waals surface area contributed by atoms with Crippen LogP contribution >= 0.6 is 0 Å². The third-order valence-electron chi connectivity index (χ3n) is 5.53. The van der Waals surface area contributed by atoms with Gasteiger partial charge in [0.1, 0.15) is 11.5 Å². The van der Waals surface area contributed by atoms with Gasteiger partial charge in [-0.2, -0.15) is 0 Å². The zero-order valence-electron chi connectivity index (χ0n) is 16.0. The van der Waals surface area contributed by atoms with Gasteiger partial charge in [0.05, 0.1) is 7.11 Å².